The molecule has 1 heterocycles. The van der Waals surface area contributed by atoms with Gasteiger partial charge in [-0.05, 0) is 36.6 Å². The largest absolute Gasteiger partial charge is 0.389 e. The van der Waals surface area contributed by atoms with Gasteiger partial charge in [0.25, 0.3) is 0 Å². The first kappa shape index (κ1) is 13.4. The molecule has 18 heavy (non-hydrogen) atoms. The summed E-state index contributed by atoms with van der Waals surface area (Å²) in [5.74, 6) is -0.181. The molecule has 1 fully saturated rings. The zero-order valence-corrected chi connectivity index (χ0v) is 11.7. The lowest BCUT2D eigenvalue weighted by Gasteiger charge is -2.20. The molecular formula is C14H19FN2S. The van der Waals surface area contributed by atoms with Crippen molar-refractivity contribution < 1.29 is 4.39 Å². The van der Waals surface area contributed by atoms with Crippen molar-refractivity contribution in [1.29, 1.82) is 0 Å². The molecule has 0 saturated carbocycles. The smallest absolute Gasteiger partial charge is 0.127 e. The van der Waals surface area contributed by atoms with E-state index in [2.05, 4.69) is 18.7 Å². The van der Waals surface area contributed by atoms with Crippen LogP contribution in [0.2, 0.25) is 0 Å². The third-order valence-electron chi connectivity index (χ3n) is 3.48. The van der Waals surface area contributed by atoms with Crippen LogP contribution >= 0.6 is 12.2 Å². The van der Waals surface area contributed by atoms with Crippen molar-refractivity contribution in [3.8, 4) is 0 Å². The molecule has 1 aliphatic rings. The highest BCUT2D eigenvalue weighted by atomic mass is 32.1. The summed E-state index contributed by atoms with van der Waals surface area (Å²) in [7, 11) is 0. The number of benzene rings is 1. The molecule has 0 unspecified atom stereocenters. The molecule has 1 saturated heterocycles. The summed E-state index contributed by atoms with van der Waals surface area (Å²) >= 11 is 4.93. The molecule has 0 amide bonds. The van der Waals surface area contributed by atoms with Crippen molar-refractivity contribution in [2.24, 2.45) is 11.1 Å². The molecule has 2 N–H and O–H groups in total. The van der Waals surface area contributed by atoms with E-state index >= 15 is 0 Å². The number of rotatable bonds is 3. The van der Waals surface area contributed by atoms with Crippen LogP contribution in [0.3, 0.4) is 0 Å². The maximum absolute atomic E-state index is 13.8. The summed E-state index contributed by atoms with van der Waals surface area (Å²) in [6.45, 7) is 7.14. The maximum atomic E-state index is 13.8. The van der Waals surface area contributed by atoms with Gasteiger partial charge in [-0.25, -0.2) is 4.39 Å². The number of likely N-dealkylation sites (tertiary alicyclic amines) is 1. The summed E-state index contributed by atoms with van der Waals surface area (Å²) < 4.78 is 13.8. The van der Waals surface area contributed by atoms with E-state index in [9.17, 15) is 4.39 Å². The third-order valence-corrected chi connectivity index (χ3v) is 3.72. The van der Waals surface area contributed by atoms with Crippen molar-refractivity contribution in [2.75, 3.05) is 13.1 Å². The molecule has 0 radical (unpaired) electrons. The highest BCUT2D eigenvalue weighted by Crippen LogP contribution is 2.30. The van der Waals surface area contributed by atoms with Gasteiger partial charge < -0.3 is 5.73 Å². The van der Waals surface area contributed by atoms with Crippen LogP contribution in [-0.4, -0.2) is 23.0 Å². The Kier molecular flexibility index (Phi) is 3.69. The Balaban J connectivity index is 2.14. The highest BCUT2D eigenvalue weighted by Gasteiger charge is 2.29. The lowest BCUT2D eigenvalue weighted by Crippen LogP contribution is -2.23. The second-order valence-electron chi connectivity index (χ2n) is 5.80. The van der Waals surface area contributed by atoms with Crippen LogP contribution in [0.1, 0.15) is 31.4 Å². The van der Waals surface area contributed by atoms with Gasteiger partial charge >= 0.3 is 0 Å². The molecular weight excluding hydrogens is 247 g/mol. The van der Waals surface area contributed by atoms with E-state index in [0.29, 0.717) is 22.5 Å². The van der Waals surface area contributed by atoms with Gasteiger partial charge in [-0.3, -0.25) is 4.90 Å². The summed E-state index contributed by atoms with van der Waals surface area (Å²) in [5.41, 5.74) is 7.32. The second-order valence-corrected chi connectivity index (χ2v) is 6.24. The summed E-state index contributed by atoms with van der Waals surface area (Å²) in [6.07, 6.45) is 1.16. The minimum Gasteiger partial charge on any atom is -0.389 e. The van der Waals surface area contributed by atoms with Gasteiger partial charge in [0.15, 0.2) is 0 Å². The molecule has 1 aliphatic heterocycles. The lowest BCUT2D eigenvalue weighted by molar-refractivity contribution is 0.281. The molecule has 1 aromatic carbocycles. The topological polar surface area (TPSA) is 29.3 Å². The molecule has 1 aromatic rings. The molecule has 2 nitrogen and oxygen atoms in total. The van der Waals surface area contributed by atoms with Crippen molar-refractivity contribution in [3.63, 3.8) is 0 Å². The van der Waals surface area contributed by atoms with E-state index in [-0.39, 0.29) is 5.82 Å². The van der Waals surface area contributed by atoms with Gasteiger partial charge in [-0.2, -0.15) is 0 Å². The average Bonchev–Trinajstić information content (AvgIpc) is 2.61. The Bertz CT molecular complexity index is 471. The summed E-state index contributed by atoms with van der Waals surface area (Å²) in [5, 5.41) is 0. The van der Waals surface area contributed by atoms with Crippen LogP contribution in [0, 0.1) is 11.2 Å². The minimum absolute atomic E-state index is 0.181. The third kappa shape index (κ3) is 3.06. The number of hydrogen-bond donors (Lipinski definition) is 1. The van der Waals surface area contributed by atoms with Crippen LogP contribution < -0.4 is 5.73 Å². The molecule has 0 aromatic heterocycles. The number of halogens is 1. The van der Waals surface area contributed by atoms with Crippen molar-refractivity contribution in [1.82, 2.24) is 4.90 Å². The maximum Gasteiger partial charge on any atom is 0.127 e. The fourth-order valence-corrected chi connectivity index (χ4v) is 2.58. The zero-order chi connectivity index (χ0) is 13.3. The average molecular weight is 266 g/mol. The number of hydrogen-bond acceptors (Lipinski definition) is 2. The predicted octanol–water partition coefficient (Wildman–Crippen LogP) is 2.69. The van der Waals surface area contributed by atoms with Crippen molar-refractivity contribution >= 4 is 17.2 Å². The van der Waals surface area contributed by atoms with Crippen LogP contribution in [0.4, 0.5) is 4.39 Å². The molecule has 2 rings (SSSR count). The van der Waals surface area contributed by atoms with Crippen molar-refractivity contribution in [2.45, 2.75) is 26.8 Å². The van der Waals surface area contributed by atoms with Crippen LogP contribution in [0.15, 0.2) is 18.2 Å². The Morgan fingerprint density at radius 2 is 2.22 bits per heavy atom. The fraction of sp³-hybridized carbons (Fsp3) is 0.500. The number of nitrogens with two attached hydrogens (primary N) is 1. The fourth-order valence-electron chi connectivity index (χ4n) is 2.45. The van der Waals surface area contributed by atoms with E-state index in [0.717, 1.165) is 25.1 Å². The Hall–Kier alpha value is -1.00. The van der Waals surface area contributed by atoms with E-state index in [1.165, 1.54) is 6.07 Å². The van der Waals surface area contributed by atoms with Crippen LogP contribution in [-0.2, 0) is 6.54 Å². The Morgan fingerprint density at radius 1 is 1.50 bits per heavy atom. The van der Waals surface area contributed by atoms with Gasteiger partial charge in [-0.15, -0.1) is 0 Å². The van der Waals surface area contributed by atoms with E-state index < -0.39 is 0 Å². The lowest BCUT2D eigenvalue weighted by atomic mass is 9.93. The first-order valence-electron chi connectivity index (χ1n) is 6.18. The van der Waals surface area contributed by atoms with Crippen LogP contribution in [0.25, 0.3) is 0 Å². The SMILES string of the molecule is CC1(C)CCN(Cc2cc(C(N)=S)ccc2F)C1. The van der Waals surface area contributed by atoms with Gasteiger partial charge in [0.2, 0.25) is 0 Å². The molecule has 0 atom stereocenters. The quantitative estimate of drug-likeness (QED) is 0.853. The summed E-state index contributed by atoms with van der Waals surface area (Å²) in [6, 6.07) is 4.85. The van der Waals surface area contributed by atoms with E-state index in [1.54, 1.807) is 12.1 Å². The number of nitrogens with zero attached hydrogens (tertiary/aromatic N) is 1. The Morgan fingerprint density at radius 3 is 2.78 bits per heavy atom. The van der Waals surface area contributed by atoms with Crippen LogP contribution in [0.5, 0.6) is 0 Å². The zero-order valence-electron chi connectivity index (χ0n) is 10.9. The van der Waals surface area contributed by atoms with Gasteiger partial charge in [0, 0.05) is 24.2 Å². The van der Waals surface area contributed by atoms with E-state index in [4.69, 9.17) is 18.0 Å². The van der Waals surface area contributed by atoms with Gasteiger partial charge in [0.05, 0.1) is 0 Å². The van der Waals surface area contributed by atoms with Crippen molar-refractivity contribution in [3.05, 3.63) is 35.1 Å². The van der Waals surface area contributed by atoms with Gasteiger partial charge in [-0.1, -0.05) is 26.1 Å². The second kappa shape index (κ2) is 4.94. The molecule has 0 bridgehead atoms. The molecule has 0 aliphatic carbocycles. The highest BCUT2D eigenvalue weighted by molar-refractivity contribution is 7.80. The molecule has 0 spiro atoms. The normalized spacial score (nSPS) is 19.1. The standard InChI is InChI=1S/C14H19FN2S/c1-14(2)5-6-17(9-14)8-11-7-10(13(16)18)3-4-12(11)15/h3-4,7H,5-6,8-9H2,1-2H3,(H2,16,18). The number of thiocarbonyl (C=S) groups is 1. The first-order chi connectivity index (χ1) is 8.37. The summed E-state index contributed by atoms with van der Waals surface area (Å²) in [4.78, 5) is 2.60. The van der Waals surface area contributed by atoms with Gasteiger partial charge in [0.1, 0.15) is 10.8 Å². The first-order valence-corrected chi connectivity index (χ1v) is 6.59. The molecule has 98 valence electrons. The Labute approximate surface area is 113 Å². The monoisotopic (exact) mass is 266 g/mol. The minimum atomic E-state index is -0.181. The predicted molar refractivity (Wildman–Crippen MR) is 76.0 cm³/mol. The van der Waals surface area contributed by atoms with E-state index in [1.807, 2.05) is 0 Å². The molecule has 4 heteroatoms.